The van der Waals surface area contributed by atoms with E-state index in [2.05, 4.69) is 0 Å². The molecule has 6 heteroatoms. The van der Waals surface area contributed by atoms with Crippen LogP contribution in [0.25, 0.3) is 0 Å². The fraction of sp³-hybridized carbons (Fsp3) is 0.391. The monoisotopic (exact) mass is 400 g/mol. The molecule has 1 saturated heterocycles. The Labute approximate surface area is 169 Å². The van der Waals surface area contributed by atoms with Gasteiger partial charge < -0.3 is 14.2 Å². The van der Waals surface area contributed by atoms with E-state index in [4.69, 9.17) is 14.2 Å². The zero-order valence-corrected chi connectivity index (χ0v) is 17.0. The molecule has 2 aromatic carbocycles. The molecule has 0 bridgehead atoms. The van der Waals surface area contributed by atoms with Gasteiger partial charge in [0.15, 0.2) is 12.3 Å². The highest BCUT2D eigenvalue weighted by Gasteiger charge is 2.41. The van der Waals surface area contributed by atoms with Crippen molar-refractivity contribution in [3.63, 3.8) is 0 Å². The van der Waals surface area contributed by atoms with Gasteiger partial charge >= 0.3 is 11.9 Å². The molecule has 154 valence electrons. The molecular weight excluding hydrogens is 375 g/mol. The first-order valence-corrected chi connectivity index (χ1v) is 9.53. The van der Waals surface area contributed by atoms with Crippen molar-refractivity contribution in [1.29, 1.82) is 0 Å². The van der Waals surface area contributed by atoms with Gasteiger partial charge in [0.25, 0.3) is 0 Å². The summed E-state index contributed by atoms with van der Waals surface area (Å²) in [6.07, 6.45) is -3.46. The highest BCUT2D eigenvalue weighted by molar-refractivity contribution is 5.90. The molecule has 0 saturated carbocycles. The van der Waals surface area contributed by atoms with Crippen molar-refractivity contribution < 1.29 is 28.2 Å². The Morgan fingerprint density at radius 2 is 1.38 bits per heavy atom. The maximum atomic E-state index is 14.3. The first-order valence-electron chi connectivity index (χ1n) is 9.53. The highest BCUT2D eigenvalue weighted by atomic mass is 19.1. The van der Waals surface area contributed by atoms with Gasteiger partial charge in [-0.25, -0.2) is 14.0 Å². The Hall–Kier alpha value is -2.73. The van der Waals surface area contributed by atoms with E-state index < -0.39 is 30.3 Å². The van der Waals surface area contributed by atoms with Gasteiger partial charge in [-0.05, 0) is 52.0 Å². The summed E-state index contributed by atoms with van der Waals surface area (Å²) < 4.78 is 30.3. The topological polar surface area (TPSA) is 61.8 Å². The number of carbonyl (C=O) groups is 2. The minimum atomic E-state index is -1.48. The number of benzene rings is 2. The van der Waals surface area contributed by atoms with Crippen LogP contribution < -0.4 is 0 Å². The van der Waals surface area contributed by atoms with Crippen molar-refractivity contribution in [2.75, 3.05) is 13.2 Å². The van der Waals surface area contributed by atoms with Gasteiger partial charge in [0.1, 0.15) is 12.7 Å². The summed E-state index contributed by atoms with van der Waals surface area (Å²) in [5.41, 5.74) is 4.48. The van der Waals surface area contributed by atoms with E-state index in [1.54, 1.807) is 24.3 Å². The Bertz CT molecular complexity index is 883. The molecular formula is C23H25FO5. The number of aryl methyl sites for hydroxylation is 4. The smallest absolute Gasteiger partial charge is 0.338 e. The molecule has 0 N–H and O–H groups in total. The van der Waals surface area contributed by atoms with Crippen molar-refractivity contribution in [3.8, 4) is 0 Å². The number of ether oxygens (including phenoxy) is 3. The van der Waals surface area contributed by atoms with Gasteiger partial charge in [0, 0.05) is 0 Å². The van der Waals surface area contributed by atoms with Crippen LogP contribution in [0.5, 0.6) is 0 Å². The summed E-state index contributed by atoms with van der Waals surface area (Å²) in [5, 5.41) is 0. The molecule has 1 fully saturated rings. The quantitative estimate of drug-likeness (QED) is 0.709. The second-order valence-corrected chi connectivity index (χ2v) is 7.61. The van der Waals surface area contributed by atoms with Crippen LogP contribution in [-0.4, -0.2) is 43.5 Å². The van der Waals surface area contributed by atoms with Gasteiger partial charge in [-0.3, -0.25) is 0 Å². The highest BCUT2D eigenvalue weighted by Crippen LogP contribution is 2.23. The van der Waals surface area contributed by atoms with Crippen LogP contribution >= 0.6 is 0 Å². The lowest BCUT2D eigenvalue weighted by Gasteiger charge is -2.20. The third-order valence-electron chi connectivity index (χ3n) is 4.73. The standard InChI is InChI=1S/C23H25FO5/c1-13-5-14(2)8-17(7-13)22(25)28-12-20-21(19(24)11-27-20)29-23(26)18-9-15(3)6-16(4)10-18/h5-10,19-21H,11-12H2,1-4H3/t19-,20-,21+/m1/s1. The molecule has 0 aromatic heterocycles. The molecule has 0 spiro atoms. The summed E-state index contributed by atoms with van der Waals surface area (Å²) in [6.45, 7) is 7.11. The van der Waals surface area contributed by atoms with Crippen LogP contribution in [0, 0.1) is 27.7 Å². The molecule has 1 heterocycles. The first kappa shape index (κ1) is 21.0. The Kier molecular flexibility index (Phi) is 6.33. The van der Waals surface area contributed by atoms with Crippen LogP contribution in [0.3, 0.4) is 0 Å². The van der Waals surface area contributed by atoms with Crippen molar-refractivity contribution >= 4 is 11.9 Å². The van der Waals surface area contributed by atoms with Gasteiger partial charge in [-0.2, -0.15) is 0 Å². The lowest BCUT2D eigenvalue weighted by Crippen LogP contribution is -2.36. The van der Waals surface area contributed by atoms with Crippen LogP contribution in [0.2, 0.25) is 0 Å². The summed E-state index contributed by atoms with van der Waals surface area (Å²) in [6, 6.07) is 10.7. The number of hydrogen-bond acceptors (Lipinski definition) is 5. The van der Waals surface area contributed by atoms with Gasteiger partial charge in [-0.1, -0.05) is 34.4 Å². The minimum absolute atomic E-state index is 0.197. The number of halogens is 1. The van der Waals surface area contributed by atoms with E-state index in [1.165, 1.54) is 0 Å². The Balaban J connectivity index is 1.64. The Morgan fingerprint density at radius 1 is 0.897 bits per heavy atom. The largest absolute Gasteiger partial charge is 0.459 e. The number of rotatable bonds is 5. The van der Waals surface area contributed by atoms with Crippen LogP contribution in [0.4, 0.5) is 4.39 Å². The summed E-state index contributed by atoms with van der Waals surface area (Å²) in [7, 11) is 0. The zero-order valence-electron chi connectivity index (χ0n) is 17.0. The lowest BCUT2D eigenvalue weighted by atomic mass is 10.1. The molecule has 29 heavy (non-hydrogen) atoms. The third-order valence-corrected chi connectivity index (χ3v) is 4.73. The molecule has 0 unspecified atom stereocenters. The summed E-state index contributed by atoms with van der Waals surface area (Å²) >= 11 is 0. The predicted molar refractivity (Wildman–Crippen MR) is 106 cm³/mol. The van der Waals surface area contributed by atoms with Gasteiger partial charge in [0.05, 0.1) is 17.7 Å². The number of alkyl halides is 1. The van der Waals surface area contributed by atoms with Crippen LogP contribution in [-0.2, 0) is 14.2 Å². The molecule has 0 amide bonds. The fourth-order valence-corrected chi connectivity index (χ4v) is 3.55. The van der Waals surface area contributed by atoms with Crippen molar-refractivity contribution in [2.24, 2.45) is 0 Å². The molecule has 1 aliphatic rings. The second kappa shape index (κ2) is 8.74. The summed E-state index contributed by atoms with van der Waals surface area (Å²) in [4.78, 5) is 24.8. The van der Waals surface area contributed by atoms with Crippen LogP contribution in [0.15, 0.2) is 36.4 Å². The molecule has 0 aliphatic carbocycles. The third kappa shape index (κ3) is 5.21. The zero-order chi connectivity index (χ0) is 21.1. The molecule has 3 rings (SSSR count). The number of carbonyl (C=O) groups excluding carboxylic acids is 2. The molecule has 1 aliphatic heterocycles. The maximum absolute atomic E-state index is 14.3. The SMILES string of the molecule is Cc1cc(C)cc(C(=O)OC[C@H]2OC[C@@H](F)[C@@H]2OC(=O)c2cc(C)cc(C)c2)c1. The second-order valence-electron chi connectivity index (χ2n) is 7.61. The van der Waals surface area contributed by atoms with Crippen molar-refractivity contribution in [1.82, 2.24) is 0 Å². The predicted octanol–water partition coefficient (Wildman–Crippen LogP) is 4.04. The Morgan fingerprint density at radius 3 is 1.90 bits per heavy atom. The average molecular weight is 400 g/mol. The number of hydrogen-bond donors (Lipinski definition) is 0. The normalized spacial score (nSPS) is 21.1. The van der Waals surface area contributed by atoms with E-state index in [0.29, 0.717) is 11.1 Å². The van der Waals surface area contributed by atoms with Crippen molar-refractivity contribution in [2.45, 2.75) is 46.1 Å². The molecule has 5 nitrogen and oxygen atoms in total. The van der Waals surface area contributed by atoms with Gasteiger partial charge in [0.2, 0.25) is 0 Å². The van der Waals surface area contributed by atoms with Gasteiger partial charge in [-0.15, -0.1) is 0 Å². The van der Waals surface area contributed by atoms with E-state index in [-0.39, 0.29) is 13.2 Å². The average Bonchev–Trinajstić information content (AvgIpc) is 2.98. The van der Waals surface area contributed by atoms with E-state index in [1.807, 2.05) is 39.8 Å². The minimum Gasteiger partial charge on any atom is -0.459 e. The summed E-state index contributed by atoms with van der Waals surface area (Å²) in [5.74, 6) is -1.15. The number of esters is 2. The molecule has 2 aromatic rings. The van der Waals surface area contributed by atoms with E-state index >= 15 is 0 Å². The first-order chi connectivity index (χ1) is 13.7. The lowest BCUT2D eigenvalue weighted by molar-refractivity contribution is -0.0326. The fourth-order valence-electron chi connectivity index (χ4n) is 3.55. The maximum Gasteiger partial charge on any atom is 0.338 e. The van der Waals surface area contributed by atoms with E-state index in [9.17, 15) is 14.0 Å². The van der Waals surface area contributed by atoms with E-state index in [0.717, 1.165) is 22.3 Å². The van der Waals surface area contributed by atoms with Crippen LogP contribution in [0.1, 0.15) is 43.0 Å². The molecule has 3 atom stereocenters. The van der Waals surface area contributed by atoms with Crippen molar-refractivity contribution in [3.05, 3.63) is 69.8 Å². The molecule has 0 radical (unpaired) electrons.